The zero-order chi connectivity index (χ0) is 16.4. The van der Waals surface area contributed by atoms with Gasteiger partial charge in [-0.05, 0) is 25.1 Å². The van der Waals surface area contributed by atoms with Gasteiger partial charge in [0.2, 0.25) is 5.91 Å². The van der Waals surface area contributed by atoms with E-state index in [1.807, 2.05) is 30.0 Å². The van der Waals surface area contributed by atoms with E-state index in [4.69, 9.17) is 4.74 Å². The molecule has 0 bridgehead atoms. The van der Waals surface area contributed by atoms with Crippen LogP contribution in [0.2, 0.25) is 0 Å². The molecular weight excluding hydrogens is 398 g/mol. The average Bonchev–Trinajstić information content (AvgIpc) is 2.54. The molecule has 2 heterocycles. The molecule has 0 aliphatic carbocycles. The van der Waals surface area contributed by atoms with Crippen LogP contribution in [-0.4, -0.2) is 55.5 Å². The van der Waals surface area contributed by atoms with Gasteiger partial charge in [-0.3, -0.25) is 9.59 Å². The van der Waals surface area contributed by atoms with Crippen molar-refractivity contribution < 1.29 is 14.3 Å². The van der Waals surface area contributed by atoms with Crippen molar-refractivity contribution in [2.75, 3.05) is 37.7 Å². The summed E-state index contributed by atoms with van der Waals surface area (Å²) >= 11 is 3.40. The molecule has 2 aliphatic rings. The van der Waals surface area contributed by atoms with Crippen LogP contribution < -0.4 is 15.0 Å². The number of hydrogen-bond donors (Lipinski definition) is 1. The minimum atomic E-state index is -0.110. The summed E-state index contributed by atoms with van der Waals surface area (Å²) in [6.45, 7) is 4.80. The molecule has 1 saturated heterocycles. The molecule has 1 unspecified atom stereocenters. The molecule has 0 radical (unpaired) electrons. The molecule has 2 aliphatic heterocycles. The van der Waals surface area contributed by atoms with Crippen LogP contribution in [0.3, 0.4) is 0 Å². The van der Waals surface area contributed by atoms with Crippen molar-refractivity contribution in [2.24, 2.45) is 0 Å². The first-order valence-electron chi connectivity index (χ1n) is 7.79. The highest BCUT2D eigenvalue weighted by molar-refractivity contribution is 9.10. The molecule has 3 rings (SSSR count). The fourth-order valence-corrected chi connectivity index (χ4v) is 3.33. The second-order valence-electron chi connectivity index (χ2n) is 5.84. The number of carbonyl (C=O) groups is 2. The molecular formula is C16H21BrClN3O3. The van der Waals surface area contributed by atoms with E-state index >= 15 is 0 Å². The molecule has 0 saturated carbocycles. The quantitative estimate of drug-likeness (QED) is 0.813. The molecule has 1 fully saturated rings. The highest BCUT2D eigenvalue weighted by Crippen LogP contribution is 2.34. The monoisotopic (exact) mass is 417 g/mol. The standard InChI is InChI=1S/C16H20BrN3O3.ClH/c1-11-9-18-5-7-19(11)15(21)4-6-20-13-3-2-12(17)8-14(13)23-10-16(20)22;/h2-3,8,11,18H,4-7,9-10H2,1H3;1H. The van der Waals surface area contributed by atoms with Crippen LogP contribution in [0.15, 0.2) is 22.7 Å². The maximum atomic E-state index is 12.4. The van der Waals surface area contributed by atoms with Gasteiger partial charge in [0.25, 0.3) is 5.91 Å². The number of nitrogens with one attached hydrogen (secondary N) is 1. The van der Waals surface area contributed by atoms with E-state index in [-0.39, 0.29) is 36.9 Å². The Labute approximate surface area is 156 Å². The molecule has 24 heavy (non-hydrogen) atoms. The van der Waals surface area contributed by atoms with Gasteiger partial charge in [-0.1, -0.05) is 15.9 Å². The SMILES string of the molecule is CC1CNCCN1C(=O)CCN1C(=O)COc2cc(Br)ccc21.Cl. The molecule has 1 aromatic rings. The first-order chi connectivity index (χ1) is 11.1. The number of carbonyl (C=O) groups excluding carboxylic acids is 2. The van der Waals surface area contributed by atoms with Gasteiger partial charge < -0.3 is 19.9 Å². The second-order valence-corrected chi connectivity index (χ2v) is 6.75. The number of benzene rings is 1. The summed E-state index contributed by atoms with van der Waals surface area (Å²) in [5.74, 6) is 0.653. The molecule has 0 aromatic heterocycles. The van der Waals surface area contributed by atoms with Gasteiger partial charge in [0.15, 0.2) is 6.61 Å². The Balaban J connectivity index is 0.00000208. The lowest BCUT2D eigenvalue weighted by molar-refractivity contribution is -0.133. The zero-order valence-electron chi connectivity index (χ0n) is 13.5. The van der Waals surface area contributed by atoms with Gasteiger partial charge in [0.05, 0.1) is 5.69 Å². The van der Waals surface area contributed by atoms with Crippen LogP contribution in [0.1, 0.15) is 13.3 Å². The molecule has 0 spiro atoms. The number of rotatable bonds is 3. The predicted octanol–water partition coefficient (Wildman–Crippen LogP) is 1.81. The van der Waals surface area contributed by atoms with Gasteiger partial charge in [-0.15, -0.1) is 12.4 Å². The van der Waals surface area contributed by atoms with E-state index in [1.54, 1.807) is 4.90 Å². The normalized spacial score (nSPS) is 20.1. The van der Waals surface area contributed by atoms with Crippen molar-refractivity contribution in [1.82, 2.24) is 10.2 Å². The number of ether oxygens (including phenoxy) is 1. The van der Waals surface area contributed by atoms with Crippen LogP contribution in [-0.2, 0) is 9.59 Å². The van der Waals surface area contributed by atoms with Gasteiger partial charge in [0, 0.05) is 43.1 Å². The Morgan fingerprint density at radius 3 is 3.00 bits per heavy atom. The molecule has 1 N–H and O–H groups in total. The van der Waals surface area contributed by atoms with E-state index in [0.29, 0.717) is 18.7 Å². The first-order valence-corrected chi connectivity index (χ1v) is 8.58. The van der Waals surface area contributed by atoms with Crippen molar-refractivity contribution in [1.29, 1.82) is 0 Å². The van der Waals surface area contributed by atoms with E-state index in [0.717, 1.165) is 29.8 Å². The van der Waals surface area contributed by atoms with E-state index < -0.39 is 0 Å². The Morgan fingerprint density at radius 2 is 2.25 bits per heavy atom. The Morgan fingerprint density at radius 1 is 1.46 bits per heavy atom. The maximum absolute atomic E-state index is 12.4. The Hall–Kier alpha value is -1.31. The molecule has 6 nitrogen and oxygen atoms in total. The molecule has 8 heteroatoms. The zero-order valence-corrected chi connectivity index (χ0v) is 15.9. The summed E-state index contributed by atoms with van der Waals surface area (Å²) < 4.78 is 6.36. The number of fused-ring (bicyclic) bond motifs is 1. The molecule has 1 atom stereocenters. The van der Waals surface area contributed by atoms with Crippen LogP contribution >= 0.6 is 28.3 Å². The third-order valence-corrected chi connectivity index (χ3v) is 4.73. The van der Waals surface area contributed by atoms with Crippen LogP contribution in [0.5, 0.6) is 5.75 Å². The number of amides is 2. The van der Waals surface area contributed by atoms with E-state index in [1.165, 1.54) is 0 Å². The lowest BCUT2D eigenvalue weighted by Gasteiger charge is -2.35. The number of halogens is 2. The lowest BCUT2D eigenvalue weighted by Crippen LogP contribution is -2.53. The predicted molar refractivity (Wildman–Crippen MR) is 97.9 cm³/mol. The van der Waals surface area contributed by atoms with Crippen molar-refractivity contribution in [3.63, 3.8) is 0 Å². The molecule has 132 valence electrons. The number of anilines is 1. The largest absolute Gasteiger partial charge is 0.482 e. The van der Waals surface area contributed by atoms with Crippen molar-refractivity contribution in [3.05, 3.63) is 22.7 Å². The van der Waals surface area contributed by atoms with Gasteiger partial charge in [-0.2, -0.15) is 0 Å². The number of piperazine rings is 1. The fourth-order valence-electron chi connectivity index (χ4n) is 2.99. The van der Waals surface area contributed by atoms with E-state index in [9.17, 15) is 9.59 Å². The first kappa shape index (κ1) is 19.0. The van der Waals surface area contributed by atoms with Gasteiger partial charge >= 0.3 is 0 Å². The van der Waals surface area contributed by atoms with Crippen molar-refractivity contribution in [3.8, 4) is 5.75 Å². The fraction of sp³-hybridized carbons (Fsp3) is 0.500. The van der Waals surface area contributed by atoms with Crippen LogP contribution in [0.25, 0.3) is 0 Å². The highest BCUT2D eigenvalue weighted by atomic mass is 79.9. The van der Waals surface area contributed by atoms with Crippen LogP contribution in [0.4, 0.5) is 5.69 Å². The Kier molecular flexibility index (Phi) is 6.48. The molecule has 1 aromatic carbocycles. The van der Waals surface area contributed by atoms with Crippen molar-refractivity contribution >= 4 is 45.8 Å². The minimum absolute atomic E-state index is 0. The average molecular weight is 419 g/mol. The number of hydrogen-bond acceptors (Lipinski definition) is 4. The third kappa shape index (κ3) is 4.02. The summed E-state index contributed by atoms with van der Waals surface area (Å²) in [7, 11) is 0. The smallest absolute Gasteiger partial charge is 0.265 e. The maximum Gasteiger partial charge on any atom is 0.265 e. The summed E-state index contributed by atoms with van der Waals surface area (Å²) in [6, 6.07) is 5.75. The summed E-state index contributed by atoms with van der Waals surface area (Å²) in [4.78, 5) is 28.1. The molecule has 2 amide bonds. The van der Waals surface area contributed by atoms with Gasteiger partial charge in [0.1, 0.15) is 5.75 Å². The highest BCUT2D eigenvalue weighted by Gasteiger charge is 2.28. The van der Waals surface area contributed by atoms with Crippen LogP contribution in [0, 0.1) is 0 Å². The summed E-state index contributed by atoms with van der Waals surface area (Å²) in [6.07, 6.45) is 0.325. The minimum Gasteiger partial charge on any atom is -0.482 e. The topological polar surface area (TPSA) is 61.9 Å². The summed E-state index contributed by atoms with van der Waals surface area (Å²) in [5.41, 5.74) is 0.727. The third-order valence-electron chi connectivity index (χ3n) is 4.24. The van der Waals surface area contributed by atoms with Gasteiger partial charge in [-0.25, -0.2) is 0 Å². The lowest BCUT2D eigenvalue weighted by atomic mass is 10.2. The second kappa shape index (κ2) is 8.18. The number of nitrogens with zero attached hydrogens (tertiary/aromatic N) is 2. The van der Waals surface area contributed by atoms with E-state index in [2.05, 4.69) is 21.2 Å². The Bertz CT molecular complexity index is 629. The summed E-state index contributed by atoms with van der Waals surface area (Å²) in [5, 5.41) is 3.27. The van der Waals surface area contributed by atoms with Crippen molar-refractivity contribution in [2.45, 2.75) is 19.4 Å².